The maximum Gasteiger partial charge on any atom is 2.00 e. The van der Waals surface area contributed by atoms with E-state index < -0.39 is 37.4 Å². The van der Waals surface area contributed by atoms with Crippen molar-refractivity contribution in [1.29, 1.82) is 0 Å². The third-order valence-corrected chi connectivity index (χ3v) is 21.0. The van der Waals surface area contributed by atoms with Crippen molar-refractivity contribution in [2.75, 3.05) is 67.2 Å². The molecule has 0 aliphatic carbocycles. The van der Waals surface area contributed by atoms with E-state index in [2.05, 4.69) is 239 Å². The average Bonchev–Trinajstić information content (AvgIpc) is 0.831. The molecule has 528 valence electrons. The summed E-state index contributed by atoms with van der Waals surface area (Å²) >= 11 is 32.0. The quantitative estimate of drug-likeness (QED) is 0.0286. The van der Waals surface area contributed by atoms with Gasteiger partial charge in [-0.25, -0.2) is 0 Å². The molecule has 10 aromatic carbocycles. The molecule has 0 saturated carbocycles. The average molecular weight is 1990 g/mol. The minimum atomic E-state index is -1.00. The van der Waals surface area contributed by atoms with Gasteiger partial charge < -0.3 is 49.6 Å². The molecule has 0 radical (unpaired) electrons. The van der Waals surface area contributed by atoms with E-state index in [1.165, 1.54) is 41.6 Å². The molecule has 0 amide bonds. The number of aliphatic imine (C=N–C) groups is 4. The second-order valence-corrected chi connectivity index (χ2v) is 29.9. The van der Waals surface area contributed by atoms with E-state index in [1.807, 2.05) is 85.2 Å². The number of halogens is 10. The topological polar surface area (TPSA) is 83.6 Å². The van der Waals surface area contributed by atoms with Crippen LogP contribution >= 0.6 is 109 Å². The molecule has 0 saturated heterocycles. The molecule has 0 fully saturated rings. The van der Waals surface area contributed by atoms with Crippen LogP contribution in [0.1, 0.15) is 22.3 Å². The van der Waals surface area contributed by atoms with Crippen LogP contribution in [0.15, 0.2) is 319 Å². The number of hydrogen-bond donors (Lipinski definition) is 0. The molecule has 0 unspecified atom stereocenters. The second-order valence-electron chi connectivity index (χ2n) is 18.6. The summed E-state index contributed by atoms with van der Waals surface area (Å²) in [5.74, 6) is 0. The van der Waals surface area contributed by atoms with Crippen LogP contribution in [0, 0.1) is 0 Å². The van der Waals surface area contributed by atoms with E-state index in [0.717, 1.165) is 32.0 Å². The van der Waals surface area contributed by atoms with E-state index >= 15 is 0 Å². The van der Waals surface area contributed by atoms with Gasteiger partial charge in [-0.2, -0.15) is 0 Å². The Bertz CT molecular complexity index is 3350. The van der Waals surface area contributed by atoms with Crippen LogP contribution in [0.25, 0.3) is 0 Å². The van der Waals surface area contributed by atoms with Crippen molar-refractivity contribution in [2.24, 2.45) is 20.0 Å². The molecule has 6 nitrogen and oxygen atoms in total. The Labute approximate surface area is 685 Å². The Balaban J connectivity index is -0.00000117. The van der Waals surface area contributed by atoms with Crippen molar-refractivity contribution >= 4 is 187 Å². The molecule has 0 aromatic heterocycles. The van der Waals surface area contributed by atoms with Crippen LogP contribution in [-0.4, -0.2) is 100 Å². The SMILES string of the molecule is CSc1ccccc1C=NCCN=Cc1ccccc1[S@@](C)=O.CSc1ccccc1C=NCCN=Cc1ccccc1[S@@](C)=O.ClCCl.ClCCl.ClCCl.[Cl-].[Cl-].[Cl-].[Cl-].[Os+2].[Os+2].c1ccc(P(c2ccccc2)c2ccccc2)cc1.c1ccc(P(c2ccccc2)c2ccccc2)cc1. The van der Waals surface area contributed by atoms with Gasteiger partial charge in [-0.1, -0.05) is 255 Å². The summed E-state index contributed by atoms with van der Waals surface area (Å²) < 4.78 is 23.3. The maximum atomic E-state index is 11.6. The Kier molecular flexibility index (Phi) is 65.2. The van der Waals surface area contributed by atoms with Crippen LogP contribution < -0.4 is 81.5 Å². The van der Waals surface area contributed by atoms with Gasteiger partial charge in [0.05, 0.1) is 63.8 Å². The first-order valence-electron chi connectivity index (χ1n) is 29.0. The molecule has 24 heteroatoms. The first-order chi connectivity index (χ1) is 45.6. The fourth-order valence-corrected chi connectivity index (χ4v) is 15.7. The third-order valence-electron chi connectivity index (χ3n) is 12.5. The molecule has 10 aromatic rings. The molecule has 0 bridgehead atoms. The first-order valence-corrected chi connectivity index (χ1v) is 40.4. The predicted octanol–water partition coefficient (Wildman–Crippen LogP) is 6.53. The van der Waals surface area contributed by atoms with Gasteiger partial charge in [0, 0.05) is 79.2 Å². The van der Waals surface area contributed by atoms with Gasteiger partial charge in [0.15, 0.2) is 0 Å². The number of nitrogens with zero attached hydrogens (tertiary/aromatic N) is 4. The number of hydrogen-bond acceptors (Lipinski definition) is 8. The van der Waals surface area contributed by atoms with E-state index in [4.69, 9.17) is 69.6 Å². The smallest absolute Gasteiger partial charge is 1.00 e. The van der Waals surface area contributed by atoms with Crippen molar-refractivity contribution in [3.05, 3.63) is 301 Å². The molecule has 0 N–H and O–H groups in total. The molecule has 0 heterocycles. The molecule has 10 rings (SSSR count). The molecule has 0 aliphatic rings. The van der Waals surface area contributed by atoms with Crippen LogP contribution in [0.4, 0.5) is 0 Å². The van der Waals surface area contributed by atoms with Crippen LogP contribution in [0.2, 0.25) is 0 Å². The van der Waals surface area contributed by atoms with Crippen molar-refractivity contribution < 1.29 is 97.6 Å². The van der Waals surface area contributed by atoms with E-state index in [-0.39, 0.29) is 105 Å². The van der Waals surface area contributed by atoms with Crippen LogP contribution in [0.5, 0.6) is 0 Å². The zero-order chi connectivity index (χ0) is 66.9. The van der Waals surface area contributed by atoms with Gasteiger partial charge >= 0.3 is 39.6 Å². The Morgan fingerprint density at radius 2 is 0.475 bits per heavy atom. The van der Waals surface area contributed by atoms with Gasteiger partial charge in [0.25, 0.3) is 0 Å². The summed E-state index contributed by atoms with van der Waals surface area (Å²) in [4.78, 5) is 21.7. The summed E-state index contributed by atoms with van der Waals surface area (Å²) in [6.07, 6.45) is 14.8. The number of rotatable bonds is 20. The van der Waals surface area contributed by atoms with Gasteiger partial charge in [0.1, 0.15) is 0 Å². The summed E-state index contributed by atoms with van der Waals surface area (Å²) in [7, 11) is -2.89. The molecule has 0 spiro atoms. The number of benzene rings is 10. The van der Waals surface area contributed by atoms with Gasteiger partial charge in [0.2, 0.25) is 0 Å². The van der Waals surface area contributed by atoms with Gasteiger partial charge in [-0.3, -0.25) is 28.4 Å². The molecule has 99 heavy (non-hydrogen) atoms. The third kappa shape index (κ3) is 40.1. The van der Waals surface area contributed by atoms with Gasteiger partial charge in [-0.15, -0.1) is 93.1 Å². The summed E-state index contributed by atoms with van der Waals surface area (Å²) in [6.45, 7) is 2.50. The minimum absolute atomic E-state index is 0. The summed E-state index contributed by atoms with van der Waals surface area (Å²) in [5, 5.41) is 8.97. The van der Waals surface area contributed by atoms with Crippen molar-refractivity contribution in [1.82, 2.24) is 0 Å². The number of alkyl halides is 6. The van der Waals surface area contributed by atoms with Crippen molar-refractivity contribution in [3.63, 3.8) is 0 Å². The molecule has 0 aliphatic heterocycles. The molecular weight excluding hydrogens is 1910 g/mol. The second kappa shape index (κ2) is 64.5. The van der Waals surface area contributed by atoms with Crippen molar-refractivity contribution in [3.8, 4) is 0 Å². The summed E-state index contributed by atoms with van der Waals surface area (Å²) in [6, 6.07) is 96.3. The fraction of sp³-hybridized carbons (Fsp3) is 0.147. The van der Waals surface area contributed by atoms with Crippen LogP contribution in [-0.2, 0) is 61.2 Å². The zero-order valence-corrected chi connectivity index (χ0v) is 72.1. The molecular formula is C75H76Cl10N4O2Os2P2S4. The monoisotopic (exact) mass is 1990 g/mol. The minimum Gasteiger partial charge on any atom is -1.00 e. The first kappa shape index (κ1) is 100. The Morgan fingerprint density at radius 1 is 0.303 bits per heavy atom. The normalized spacial score (nSPS) is 10.6. The summed E-state index contributed by atoms with van der Waals surface area (Å²) in [5.41, 5.74) is 4.08. The van der Waals surface area contributed by atoms with E-state index in [0.29, 0.717) is 26.2 Å². The fourth-order valence-electron chi connectivity index (χ4n) is 8.48. The zero-order valence-electron chi connectivity index (χ0n) is 54.4. The molecule has 2 atom stereocenters. The maximum absolute atomic E-state index is 11.6. The number of thioether (sulfide) groups is 2. The Hall–Kier alpha value is -3.09. The standard InChI is InChI=1S/2C18H20N2OS2.2C18H15P.3CH2Cl2.4ClH.2Os/c2*1-22-17-9-5-3-7-15(17)13-19-11-12-20-14-16-8-4-6-10-18(16)23(2)21;2*1-4-10-16(11-5-1)19(17-12-6-2-7-13-17)18-14-8-3-9-15-18;3*2-1-3;;;;;;/h2*3-10,13-14H,11-12H2,1-2H3;2*1-15H;3*1H2;4*1H;;/q;;;;;;;;;;;2*+2/p-4/t2*23-;;;;;;;;;;;/m11.........../s1. The van der Waals surface area contributed by atoms with E-state index in [1.54, 1.807) is 48.5 Å². The van der Waals surface area contributed by atoms with Crippen molar-refractivity contribution in [2.45, 2.75) is 19.6 Å². The predicted molar refractivity (Wildman–Crippen MR) is 424 cm³/mol. The largest absolute Gasteiger partial charge is 2.00 e. The van der Waals surface area contributed by atoms with Gasteiger partial charge in [-0.05, 0) is 84.4 Å². The Morgan fingerprint density at radius 3 is 0.677 bits per heavy atom. The van der Waals surface area contributed by atoms with E-state index in [9.17, 15) is 8.42 Å². The van der Waals surface area contributed by atoms with Crippen LogP contribution in [0.3, 0.4) is 0 Å².